The lowest BCUT2D eigenvalue weighted by Crippen LogP contribution is -2.62. The Labute approximate surface area is 297 Å². The highest BCUT2D eigenvalue weighted by Gasteiger charge is 2.49. The fraction of sp³-hybridized carbons (Fsp3) is 0.314. The number of aliphatic hydroxyl groups excluding tert-OH is 5. The van der Waals surface area contributed by atoms with Crippen LogP contribution in [0.25, 0.3) is 28.4 Å². The molecule has 0 bridgehead atoms. The highest BCUT2D eigenvalue weighted by molar-refractivity contribution is 5.89. The van der Waals surface area contributed by atoms with Gasteiger partial charge in [-0.25, -0.2) is 4.79 Å². The van der Waals surface area contributed by atoms with Crippen LogP contribution in [0.4, 0.5) is 0 Å². The Hall–Kier alpha value is -5.44. The highest BCUT2D eigenvalue weighted by Crippen LogP contribution is 2.40. The van der Waals surface area contributed by atoms with E-state index in [-0.39, 0.29) is 16.9 Å². The Morgan fingerprint density at radius 1 is 0.792 bits per heavy atom. The molecule has 1 aromatic heterocycles. The summed E-state index contributed by atoms with van der Waals surface area (Å²) < 4.78 is 33.8. The summed E-state index contributed by atoms with van der Waals surface area (Å²) in [5, 5.41) is 102. The largest absolute Gasteiger partial charge is 0.508 e. The van der Waals surface area contributed by atoms with Crippen molar-refractivity contribution in [2.75, 3.05) is 13.2 Å². The standard InChI is InChI=1S/C35H34O18/c36-16-5-1-14(2-6-16)3-8-24(42)52-33-29(46)27(44)23(13-49-34-30(47)26(43)21(41)12-48-34)51-35(33)53-32-28(45)25-20(40)10-17(37)11-22(25)50-31(32)15-4-7-18(38)19(39)9-15/h1-11,21,23,26-27,29-30,33-41,43-44,46-47H,12-13H2/b8-3+/t21-,23-,26-,27-,29-,30-,33-,34+,35+/m1/s1. The molecule has 0 aliphatic carbocycles. The summed E-state index contributed by atoms with van der Waals surface area (Å²) in [7, 11) is 0. The van der Waals surface area contributed by atoms with Crippen LogP contribution in [0.15, 0.2) is 69.9 Å². The third kappa shape index (κ3) is 7.84. The maximum atomic E-state index is 14.0. The van der Waals surface area contributed by atoms with Crippen LogP contribution in [0, 0.1) is 0 Å². The number of benzene rings is 3. The zero-order chi connectivity index (χ0) is 38.1. The van der Waals surface area contributed by atoms with Crippen molar-refractivity contribution >= 4 is 23.0 Å². The molecule has 6 rings (SSSR count). The normalized spacial score (nSPS) is 27.5. The average molecular weight is 743 g/mol. The lowest BCUT2D eigenvalue weighted by Gasteiger charge is -2.42. The van der Waals surface area contributed by atoms with E-state index in [0.717, 1.165) is 30.3 Å². The fourth-order valence-electron chi connectivity index (χ4n) is 5.65. The summed E-state index contributed by atoms with van der Waals surface area (Å²) in [6, 6.07) is 10.9. The van der Waals surface area contributed by atoms with Crippen molar-refractivity contribution in [3.8, 4) is 45.8 Å². The first-order chi connectivity index (χ1) is 25.2. The number of phenolic OH excluding ortho intramolecular Hbond substituents is 5. The number of hydrogen-bond acceptors (Lipinski definition) is 18. The van der Waals surface area contributed by atoms with Crippen LogP contribution in [0.2, 0.25) is 0 Å². The molecule has 3 aromatic carbocycles. The van der Waals surface area contributed by atoms with Gasteiger partial charge in [0.05, 0.1) is 13.2 Å². The minimum Gasteiger partial charge on any atom is -0.508 e. The van der Waals surface area contributed by atoms with Crippen molar-refractivity contribution < 1.29 is 84.0 Å². The van der Waals surface area contributed by atoms with Crippen LogP contribution >= 0.6 is 0 Å². The van der Waals surface area contributed by atoms with Gasteiger partial charge in [0.2, 0.25) is 17.5 Å². The van der Waals surface area contributed by atoms with Crippen LogP contribution in [-0.2, 0) is 23.7 Å². The second-order valence-electron chi connectivity index (χ2n) is 12.2. The number of ether oxygens (including phenoxy) is 5. The monoisotopic (exact) mass is 742 g/mol. The molecule has 2 saturated heterocycles. The molecule has 18 nitrogen and oxygen atoms in total. The third-order valence-corrected chi connectivity index (χ3v) is 8.47. The molecule has 9 atom stereocenters. The summed E-state index contributed by atoms with van der Waals surface area (Å²) in [4.78, 5) is 27.0. The molecule has 0 amide bonds. The predicted molar refractivity (Wildman–Crippen MR) is 177 cm³/mol. The van der Waals surface area contributed by atoms with Crippen molar-refractivity contribution in [2.45, 2.75) is 55.3 Å². The summed E-state index contributed by atoms with van der Waals surface area (Å²) in [5.74, 6) is -4.71. The molecule has 53 heavy (non-hydrogen) atoms. The zero-order valence-electron chi connectivity index (χ0n) is 27.2. The van der Waals surface area contributed by atoms with Crippen molar-refractivity contribution in [2.24, 2.45) is 0 Å². The molecular formula is C35H34O18. The van der Waals surface area contributed by atoms with Gasteiger partial charge in [0.25, 0.3) is 0 Å². The minimum atomic E-state index is -2.02. The molecule has 282 valence electrons. The molecule has 10 N–H and O–H groups in total. The van der Waals surface area contributed by atoms with E-state index in [1.165, 1.54) is 36.4 Å². The maximum absolute atomic E-state index is 14.0. The molecule has 18 heteroatoms. The molecule has 2 aliphatic rings. The first kappa shape index (κ1) is 37.3. The molecule has 0 saturated carbocycles. The Morgan fingerprint density at radius 3 is 2.25 bits per heavy atom. The molecule has 0 radical (unpaired) electrons. The van der Waals surface area contributed by atoms with E-state index in [4.69, 9.17) is 28.1 Å². The lowest BCUT2D eigenvalue weighted by atomic mass is 9.98. The minimum absolute atomic E-state index is 0.0248. The van der Waals surface area contributed by atoms with Gasteiger partial charge in [-0.3, -0.25) is 4.79 Å². The first-order valence-electron chi connectivity index (χ1n) is 15.9. The summed E-state index contributed by atoms with van der Waals surface area (Å²) in [6.07, 6.45) is -13.4. The van der Waals surface area contributed by atoms with Gasteiger partial charge in [-0.05, 0) is 42.0 Å². The average Bonchev–Trinajstić information content (AvgIpc) is 3.12. The van der Waals surface area contributed by atoms with Crippen LogP contribution in [0.3, 0.4) is 0 Å². The van der Waals surface area contributed by atoms with Crippen LogP contribution in [-0.4, -0.2) is 126 Å². The number of fused-ring (bicyclic) bond motifs is 1. The number of aromatic hydroxyl groups is 5. The Kier molecular flexibility index (Phi) is 10.8. The van der Waals surface area contributed by atoms with Gasteiger partial charge in [-0.1, -0.05) is 12.1 Å². The zero-order valence-corrected chi connectivity index (χ0v) is 27.2. The smallest absolute Gasteiger partial charge is 0.331 e. The van der Waals surface area contributed by atoms with Crippen LogP contribution in [0.1, 0.15) is 5.56 Å². The molecular weight excluding hydrogens is 708 g/mol. The predicted octanol–water partition coefficient (Wildman–Crippen LogP) is -0.106. The van der Waals surface area contributed by atoms with E-state index in [1.807, 2.05) is 0 Å². The van der Waals surface area contributed by atoms with Gasteiger partial charge in [-0.15, -0.1) is 0 Å². The third-order valence-electron chi connectivity index (χ3n) is 8.47. The summed E-state index contributed by atoms with van der Waals surface area (Å²) >= 11 is 0. The number of esters is 1. The van der Waals surface area contributed by atoms with Gasteiger partial charge >= 0.3 is 5.97 Å². The summed E-state index contributed by atoms with van der Waals surface area (Å²) in [6.45, 7) is -1.09. The second-order valence-corrected chi connectivity index (χ2v) is 12.2. The first-order valence-corrected chi connectivity index (χ1v) is 15.9. The van der Waals surface area contributed by atoms with Gasteiger partial charge in [0.15, 0.2) is 29.7 Å². The van der Waals surface area contributed by atoms with Gasteiger partial charge in [-0.2, -0.15) is 0 Å². The van der Waals surface area contributed by atoms with E-state index in [2.05, 4.69) is 0 Å². The topological polar surface area (TPSA) is 296 Å². The molecule has 3 heterocycles. The van der Waals surface area contributed by atoms with Crippen molar-refractivity contribution in [1.82, 2.24) is 0 Å². The molecule has 0 unspecified atom stereocenters. The van der Waals surface area contributed by atoms with Crippen molar-refractivity contribution in [3.63, 3.8) is 0 Å². The summed E-state index contributed by atoms with van der Waals surface area (Å²) in [5.41, 5.74) is -1.03. The Balaban J connectivity index is 1.37. The number of aliphatic hydroxyl groups is 5. The van der Waals surface area contributed by atoms with Crippen LogP contribution in [0.5, 0.6) is 34.5 Å². The van der Waals surface area contributed by atoms with E-state index in [0.29, 0.717) is 5.56 Å². The highest BCUT2D eigenvalue weighted by atomic mass is 16.7. The number of carbonyl (C=O) groups is 1. The fourth-order valence-corrected chi connectivity index (χ4v) is 5.65. The van der Waals surface area contributed by atoms with E-state index in [1.54, 1.807) is 0 Å². The molecule has 2 aliphatic heterocycles. The number of hydrogen-bond donors (Lipinski definition) is 10. The maximum Gasteiger partial charge on any atom is 0.331 e. The second kappa shape index (κ2) is 15.3. The van der Waals surface area contributed by atoms with Crippen molar-refractivity contribution in [3.05, 3.63) is 76.5 Å². The Bertz CT molecular complexity index is 2040. The quantitative estimate of drug-likeness (QED) is 0.0608. The number of rotatable bonds is 9. The lowest BCUT2D eigenvalue weighted by molar-refractivity contribution is -0.308. The van der Waals surface area contributed by atoms with Gasteiger partial charge < -0.3 is 79.2 Å². The number of phenols is 5. The molecule has 0 spiro atoms. The van der Waals surface area contributed by atoms with E-state index >= 15 is 0 Å². The van der Waals surface area contributed by atoms with Gasteiger partial charge in [0.1, 0.15) is 64.8 Å². The molecule has 2 fully saturated rings. The van der Waals surface area contributed by atoms with E-state index < -0.39 is 120 Å². The SMILES string of the molecule is O=C(/C=C/c1ccc(O)cc1)O[C@H]1[C@H](Oc2c(-c3ccc(O)c(O)c3)oc3cc(O)cc(O)c3c2=O)O[C@H](CO[C@@H]2OC[C@@H](O)[C@@H](O)[C@H]2O)[C@@H](O)[C@H]1O. The van der Waals surface area contributed by atoms with E-state index in [9.17, 15) is 60.7 Å². The Morgan fingerprint density at radius 2 is 1.53 bits per heavy atom. The molecule has 4 aromatic rings. The van der Waals surface area contributed by atoms with Crippen molar-refractivity contribution in [1.29, 1.82) is 0 Å². The van der Waals surface area contributed by atoms with Gasteiger partial charge in [0, 0.05) is 23.8 Å². The number of carbonyl (C=O) groups excluding carboxylic acids is 1. The van der Waals surface area contributed by atoms with Crippen LogP contribution < -0.4 is 10.2 Å².